The largest absolute Gasteiger partial charge is 0.619 e. The van der Waals surface area contributed by atoms with E-state index in [1.807, 2.05) is 25.7 Å². The number of carbonyl (C=O) groups excluding carboxylic acids is 7. The van der Waals surface area contributed by atoms with Crippen molar-refractivity contribution in [1.82, 2.24) is 34.5 Å². The van der Waals surface area contributed by atoms with Gasteiger partial charge in [0.1, 0.15) is 39.9 Å². The molecule has 0 aromatic carbocycles. The summed E-state index contributed by atoms with van der Waals surface area (Å²) >= 11 is 4.90. The molecule has 0 aliphatic carbocycles. The minimum atomic E-state index is -3.09. The van der Waals surface area contributed by atoms with Crippen molar-refractivity contribution < 1.29 is 108 Å². The highest BCUT2D eigenvalue weighted by atomic mass is 35.5. The maximum absolute atomic E-state index is 14.4. The van der Waals surface area contributed by atoms with Gasteiger partial charge in [-0.2, -0.15) is 14.7 Å². The average Bonchev–Trinajstić information content (AvgIpc) is 0.804. The second-order valence-electron chi connectivity index (χ2n) is 30.4. The zero-order valence-electron chi connectivity index (χ0n) is 63.5. The van der Waals surface area contributed by atoms with Crippen LogP contribution < -0.4 is 20.9 Å². The molecule has 4 aromatic rings. The van der Waals surface area contributed by atoms with Crippen molar-refractivity contribution >= 4 is 61.2 Å². The summed E-state index contributed by atoms with van der Waals surface area (Å²) in [5.74, 6) is -18.7. The van der Waals surface area contributed by atoms with E-state index in [0.717, 1.165) is 12.3 Å². The van der Waals surface area contributed by atoms with Gasteiger partial charge in [0.15, 0.2) is 26.7 Å². The molecular formula is C70H98ClF8N13O15Si. The number of aromatic nitrogens is 4. The van der Waals surface area contributed by atoms with E-state index in [4.69, 9.17) is 63.1 Å². The number of carbonyl (C=O) groups is 7. The number of nitrogens with two attached hydrogens (primary N) is 2. The number of halogens is 9. The van der Waals surface area contributed by atoms with Crippen LogP contribution in [-0.2, 0) is 18.9 Å². The van der Waals surface area contributed by atoms with E-state index >= 15 is 0 Å². The van der Waals surface area contributed by atoms with Gasteiger partial charge in [-0.05, 0) is 141 Å². The molecule has 0 bridgehead atoms. The molecular weight excluding hydrogens is 1480 g/mol. The van der Waals surface area contributed by atoms with Crippen molar-refractivity contribution in [3.8, 4) is 11.8 Å². The van der Waals surface area contributed by atoms with Crippen LogP contribution in [0.15, 0.2) is 79.5 Å². The van der Waals surface area contributed by atoms with Crippen molar-refractivity contribution in [1.29, 1.82) is 10.5 Å². The number of rotatable bonds is 6. The molecule has 28 nitrogen and oxygen atoms in total. The summed E-state index contributed by atoms with van der Waals surface area (Å²) in [6.45, 7) is 25.5. The molecule has 4 unspecified atom stereocenters. The Morgan fingerprint density at radius 3 is 1.10 bits per heavy atom. The van der Waals surface area contributed by atoms with E-state index in [0.29, 0.717) is 15.9 Å². The van der Waals surface area contributed by atoms with Crippen LogP contribution in [0.4, 0.5) is 59.1 Å². The van der Waals surface area contributed by atoms with Crippen LogP contribution >= 0.6 is 11.6 Å². The molecule has 6 N–H and O–H groups in total. The smallest absolute Gasteiger partial charge is 0.410 e. The van der Waals surface area contributed by atoms with E-state index in [9.17, 15) is 79.1 Å². The highest BCUT2D eigenvalue weighted by molar-refractivity contribution is 6.83. The van der Waals surface area contributed by atoms with Gasteiger partial charge in [0, 0.05) is 134 Å². The lowest BCUT2D eigenvalue weighted by Gasteiger charge is -2.39. The van der Waals surface area contributed by atoms with E-state index < -0.39 is 151 Å². The third kappa shape index (κ3) is 31.8. The molecule has 600 valence electrons. The lowest BCUT2D eigenvalue weighted by molar-refractivity contribution is -0.607. The first-order chi connectivity index (χ1) is 49.3. The summed E-state index contributed by atoms with van der Waals surface area (Å²) in [5, 5.41) is 51.2. The maximum atomic E-state index is 14.4. The Hall–Kier alpha value is -9.46. The molecule has 0 spiro atoms. The maximum Gasteiger partial charge on any atom is 0.410 e. The predicted molar refractivity (Wildman–Crippen MR) is 381 cm³/mol. The van der Waals surface area contributed by atoms with Crippen LogP contribution in [0, 0.1) is 32.7 Å². The molecule has 0 saturated carbocycles. The summed E-state index contributed by atoms with van der Waals surface area (Å²) in [7, 11) is 1.86. The first kappa shape index (κ1) is 94.6. The molecule has 8 rings (SSSR count). The van der Waals surface area contributed by atoms with E-state index in [1.165, 1.54) is 91.8 Å². The van der Waals surface area contributed by atoms with Crippen LogP contribution in [0.1, 0.15) is 181 Å². The number of pyridine rings is 4. The second kappa shape index (κ2) is 39.1. The van der Waals surface area contributed by atoms with Crippen LogP contribution in [0.25, 0.3) is 0 Å². The Bertz CT molecular complexity index is 3790. The molecule has 108 heavy (non-hydrogen) atoms. The van der Waals surface area contributed by atoms with Gasteiger partial charge in [0.2, 0.25) is 0 Å². The van der Waals surface area contributed by atoms with Crippen molar-refractivity contribution in [2.24, 2.45) is 11.5 Å². The number of hydrogen-bond donors (Lipinski definition) is 4. The van der Waals surface area contributed by atoms with E-state index in [1.54, 1.807) is 97.2 Å². The molecule has 7 amide bonds. The Morgan fingerprint density at radius 2 is 0.824 bits per heavy atom. The number of nitrogens with zero attached hydrogens (tertiary/aromatic N) is 11. The molecule has 38 heteroatoms. The monoisotopic (exact) mass is 1580 g/mol. The van der Waals surface area contributed by atoms with Crippen LogP contribution in [-0.4, -0.2) is 207 Å². The van der Waals surface area contributed by atoms with Gasteiger partial charge in [-0.25, -0.2) is 64.5 Å². The lowest BCUT2D eigenvalue weighted by atomic mass is 9.87. The van der Waals surface area contributed by atoms with Crippen molar-refractivity contribution in [3.05, 3.63) is 129 Å². The van der Waals surface area contributed by atoms with Crippen molar-refractivity contribution in [3.63, 3.8) is 0 Å². The molecule has 4 saturated heterocycles. The number of alkyl halides is 8. The minimum Gasteiger partial charge on any atom is -0.619 e. The SMILES string of the molecule is CC(C)(C)OC(=O)N1CCC(F)(F)C(c2cc[n+]([O-])c(C(N)=O)c2)C1.CC(C)(C)OC(=O)N1CCC(F)(F)C(c2cc[n+]([O-])cc2)C1.CC(C)(C)OC(=O)N1CCC(F)(F)C(c2ccnc(C#N)c2)C1.CC(C)(C)OC(=O)N1CCC(F)(F)C(c2ccnc(C(N)=O)c2)C1.CN(C)C(=O)Cl.C[Si](C)(C)C#N.OO. The predicted octanol–water partition coefficient (Wildman–Crippen LogP) is 12.6. The Labute approximate surface area is 628 Å². The number of nitriles is 2. The summed E-state index contributed by atoms with van der Waals surface area (Å²) in [5.41, 5.74) is 10.2. The standard InChI is InChI=1S/C16H21F2N3O4.C16H21F2N3O3.C16H19F2N3O2.C15H20F2N2O3.C4H9NSi.C3H6ClNO.H2O2/c1-15(2,3)25-14(23)20-7-5-16(17,18)11(9-20)10-4-6-21(24)12(8-10)13(19)22;1-15(2,3)24-14(23)21-7-5-16(17,18)11(9-21)10-4-6-20-12(8-10)13(19)22;1-15(2,3)23-14(22)21-7-5-16(17,18)13(10-21)11-4-6-20-12(8-11)9-19;1-14(2,3)22-13(20)18-9-6-15(16,17)12(10-18)11-4-7-19(21)8-5-11;1-6(2,3)4-5;1-5(2)3(4)6;1-2/h4,6,8,11H,5,7,9H2,1-3H3,(H2,19,22);4,6,8,11H,5,7,9H2,1-3H3,(H2,19,22);4,6,8,13H,5,7,10H2,1-3H3;4-5,7-8,12H,6,9-10H2,1-3H3;1-3H3;1-2H3;1-2H. The molecule has 4 aliphatic rings. The third-order valence-corrected chi connectivity index (χ3v) is 16.4. The Balaban J connectivity index is 0.000000461. The molecule has 4 atom stereocenters. The topological polar surface area (TPSA) is 392 Å². The van der Waals surface area contributed by atoms with Crippen LogP contribution in [0.3, 0.4) is 0 Å². The number of hydrogen-bond acceptors (Lipinski definition) is 19. The highest BCUT2D eigenvalue weighted by Crippen LogP contribution is 2.44. The Morgan fingerprint density at radius 1 is 0.537 bits per heavy atom. The highest BCUT2D eigenvalue weighted by Gasteiger charge is 2.51. The zero-order chi connectivity index (χ0) is 83.3. The first-order valence-electron chi connectivity index (χ1n) is 33.6. The van der Waals surface area contributed by atoms with Crippen molar-refractivity contribution in [2.45, 2.75) is 198 Å². The van der Waals surface area contributed by atoms with Gasteiger partial charge in [0.05, 0.1) is 23.7 Å². The number of primary amides is 2. The summed E-state index contributed by atoms with van der Waals surface area (Å²) < 4.78 is 136. The summed E-state index contributed by atoms with van der Waals surface area (Å²) in [6.07, 6.45) is 1.49. The minimum absolute atomic E-state index is 0.0488. The fourth-order valence-corrected chi connectivity index (χ4v) is 10.1. The van der Waals surface area contributed by atoms with Gasteiger partial charge < -0.3 is 65.3 Å². The first-order valence-corrected chi connectivity index (χ1v) is 37.4. The van der Waals surface area contributed by atoms with Gasteiger partial charge in [-0.3, -0.25) is 29.9 Å². The lowest BCUT2D eigenvalue weighted by Crippen LogP contribution is -2.49. The number of piperidine rings is 4. The second-order valence-corrected chi connectivity index (χ2v) is 35.5. The molecule has 4 fully saturated rings. The summed E-state index contributed by atoms with van der Waals surface area (Å²) in [6, 6.07) is 12.3. The third-order valence-electron chi connectivity index (χ3n) is 15.4. The fourth-order valence-electron chi connectivity index (χ4n) is 10.1. The van der Waals surface area contributed by atoms with Crippen LogP contribution in [0.5, 0.6) is 0 Å². The zero-order valence-corrected chi connectivity index (χ0v) is 65.2. The van der Waals surface area contributed by atoms with E-state index in [-0.39, 0.29) is 79.6 Å². The van der Waals surface area contributed by atoms with Gasteiger partial charge >= 0.3 is 35.6 Å². The Kier molecular flexibility index (Phi) is 34.2. The average molecular weight is 1580 g/mol. The number of likely N-dealkylation sites (tertiary alicyclic amines) is 4. The molecule has 4 aliphatic heterocycles. The van der Waals surface area contributed by atoms with Crippen LogP contribution in [0.2, 0.25) is 19.6 Å². The fraction of sp³-hybridized carbons (Fsp3) is 0.586. The molecule has 8 heterocycles. The summed E-state index contributed by atoms with van der Waals surface area (Å²) in [4.78, 5) is 94.7. The number of amides is 7. The van der Waals surface area contributed by atoms with Gasteiger partial charge in [-0.15, -0.1) is 0 Å². The molecule has 4 aromatic heterocycles. The normalized spacial score (nSPS) is 19.1. The van der Waals surface area contributed by atoms with Crippen molar-refractivity contribution in [2.75, 3.05) is 66.5 Å². The van der Waals surface area contributed by atoms with Gasteiger partial charge in [-0.1, -0.05) is 19.6 Å². The van der Waals surface area contributed by atoms with Gasteiger partial charge in [0.25, 0.3) is 35.3 Å². The van der Waals surface area contributed by atoms with E-state index in [2.05, 4.69) is 15.7 Å². The quantitative estimate of drug-likeness (QED) is 0.0160. The number of ether oxygens (including phenoxy) is 4. The molecule has 0 radical (unpaired) electrons.